The normalized spacial score (nSPS) is 14.3. The Kier molecular flexibility index (Phi) is 10.2. The van der Waals surface area contributed by atoms with Gasteiger partial charge in [-0.3, -0.25) is 9.36 Å². The Morgan fingerprint density at radius 3 is 2.43 bits per heavy atom. The Morgan fingerprint density at radius 1 is 1.06 bits per heavy atom. The van der Waals surface area contributed by atoms with Crippen molar-refractivity contribution in [2.45, 2.75) is 39.5 Å². The molecule has 47 heavy (non-hydrogen) atoms. The van der Waals surface area contributed by atoms with Crippen molar-refractivity contribution in [1.29, 1.82) is 5.26 Å². The Hall–Kier alpha value is -4.86. The lowest BCUT2D eigenvalue weighted by Gasteiger charge is -2.26. The highest BCUT2D eigenvalue weighted by Gasteiger charge is 2.36. The minimum atomic E-state index is -0.885. The van der Waals surface area contributed by atoms with Crippen molar-refractivity contribution in [3.05, 3.63) is 112 Å². The second kappa shape index (κ2) is 14.3. The Bertz CT molecular complexity index is 2090. The number of nitriles is 1. The Morgan fingerprint density at radius 2 is 1.79 bits per heavy atom. The highest BCUT2D eigenvalue weighted by atomic mass is 79.9. The minimum absolute atomic E-state index is 0.234. The van der Waals surface area contributed by atoms with Crippen molar-refractivity contribution < 1.29 is 28.5 Å². The van der Waals surface area contributed by atoms with E-state index in [9.17, 15) is 9.59 Å². The molecule has 0 radical (unpaired) electrons. The summed E-state index contributed by atoms with van der Waals surface area (Å²) in [7, 11) is 4.61. The van der Waals surface area contributed by atoms with E-state index in [1.165, 1.54) is 30.1 Å². The molecular weight excluding hydrogens is 686 g/mol. The molecule has 0 aliphatic carbocycles. The summed E-state index contributed by atoms with van der Waals surface area (Å²) in [4.78, 5) is 32.8. The first kappa shape index (κ1) is 33.5. The summed E-state index contributed by atoms with van der Waals surface area (Å²) >= 11 is 4.80. The van der Waals surface area contributed by atoms with Gasteiger partial charge in [0.05, 0.1) is 59.3 Å². The second-order valence-corrected chi connectivity index (χ2v) is 12.6. The average molecular weight is 719 g/mol. The number of esters is 1. The molecule has 0 saturated carbocycles. The van der Waals surface area contributed by atoms with Crippen LogP contribution in [0.3, 0.4) is 0 Å². The fourth-order valence-corrected chi connectivity index (χ4v) is 6.77. The molecule has 0 spiro atoms. The Labute approximate surface area is 283 Å². The zero-order chi connectivity index (χ0) is 33.8. The number of thiazole rings is 1. The monoisotopic (exact) mass is 717 g/mol. The van der Waals surface area contributed by atoms with Crippen molar-refractivity contribution in [3.8, 4) is 29.1 Å². The molecule has 0 bridgehead atoms. The van der Waals surface area contributed by atoms with E-state index >= 15 is 0 Å². The van der Waals surface area contributed by atoms with Gasteiger partial charge in [-0.1, -0.05) is 23.5 Å². The molecule has 0 fully saturated rings. The highest BCUT2D eigenvalue weighted by molar-refractivity contribution is 9.10. The fraction of sp³-hybridized carbons (Fsp3) is 0.257. The zero-order valence-electron chi connectivity index (χ0n) is 26.6. The van der Waals surface area contributed by atoms with Crippen molar-refractivity contribution in [3.63, 3.8) is 0 Å². The second-order valence-electron chi connectivity index (χ2n) is 10.8. The number of methoxy groups -OCH3 is 3. The maximum Gasteiger partial charge on any atom is 0.338 e. The van der Waals surface area contributed by atoms with Crippen LogP contribution in [-0.4, -0.2) is 38.0 Å². The topological polar surface area (TPSA) is 121 Å². The van der Waals surface area contributed by atoms with Crippen LogP contribution in [0.2, 0.25) is 0 Å². The lowest BCUT2D eigenvalue weighted by atomic mass is 9.94. The van der Waals surface area contributed by atoms with E-state index in [4.69, 9.17) is 28.9 Å². The van der Waals surface area contributed by atoms with Crippen LogP contribution in [0.1, 0.15) is 49.1 Å². The molecule has 12 heteroatoms. The molecular formula is C35H32BrN3O7S. The van der Waals surface area contributed by atoms with Gasteiger partial charge in [0.1, 0.15) is 24.1 Å². The molecule has 1 aliphatic heterocycles. The molecule has 242 valence electrons. The third kappa shape index (κ3) is 6.96. The molecule has 0 amide bonds. The number of aromatic nitrogens is 1. The standard InChI is InChI=1S/C35H32BrN3O7S/c1-19(2)46-34(41)30-20(3)38-35-39(31(30)25-16-24(42-4)11-12-27(25)43-5)33(40)29(47-35)15-23-13-26(36)32(28(14-23)44-6)45-18-22-9-7-21(17-37)8-10-22/h7-16,19,31H,18H2,1-6H3/b29-15-/t31-/m1/s1. The van der Waals surface area contributed by atoms with Crippen LogP contribution in [0, 0.1) is 11.3 Å². The molecule has 0 saturated heterocycles. The third-order valence-corrected chi connectivity index (χ3v) is 8.90. The van der Waals surface area contributed by atoms with E-state index in [-0.39, 0.29) is 23.8 Å². The van der Waals surface area contributed by atoms with Gasteiger partial charge in [-0.15, -0.1) is 0 Å². The van der Waals surface area contributed by atoms with Gasteiger partial charge >= 0.3 is 5.97 Å². The molecule has 1 aromatic heterocycles. The number of allylic oxidation sites excluding steroid dienone is 1. The number of benzene rings is 3. The molecule has 1 aliphatic rings. The number of ether oxygens (including phenoxy) is 5. The van der Waals surface area contributed by atoms with Crippen LogP contribution < -0.4 is 33.8 Å². The lowest BCUT2D eigenvalue weighted by molar-refractivity contribution is -0.143. The summed E-state index contributed by atoms with van der Waals surface area (Å²) in [5.41, 5.74) is 3.01. The van der Waals surface area contributed by atoms with Crippen LogP contribution in [0.15, 0.2) is 80.1 Å². The molecule has 0 unspecified atom stereocenters. The van der Waals surface area contributed by atoms with Crippen molar-refractivity contribution in [1.82, 2.24) is 4.57 Å². The zero-order valence-corrected chi connectivity index (χ0v) is 29.0. The van der Waals surface area contributed by atoms with Gasteiger partial charge in [0.2, 0.25) is 0 Å². The van der Waals surface area contributed by atoms with Crippen LogP contribution in [0.4, 0.5) is 0 Å². The Balaban J connectivity index is 1.60. The maximum absolute atomic E-state index is 14.2. The summed E-state index contributed by atoms with van der Waals surface area (Å²) in [5, 5.41) is 9.05. The van der Waals surface area contributed by atoms with Crippen molar-refractivity contribution in [2.24, 2.45) is 4.99 Å². The number of nitrogens with zero attached hydrogens (tertiary/aromatic N) is 3. The first-order chi connectivity index (χ1) is 22.6. The third-order valence-electron chi connectivity index (χ3n) is 7.33. The van der Waals surface area contributed by atoms with Crippen LogP contribution in [0.25, 0.3) is 6.08 Å². The number of carbonyl (C=O) groups is 1. The van der Waals surface area contributed by atoms with Gasteiger partial charge in [-0.05, 0) is 96.4 Å². The van der Waals surface area contributed by atoms with Crippen molar-refractivity contribution in [2.75, 3.05) is 21.3 Å². The van der Waals surface area contributed by atoms with E-state index in [2.05, 4.69) is 27.0 Å². The number of rotatable bonds is 10. The van der Waals surface area contributed by atoms with Gasteiger partial charge in [0, 0.05) is 5.56 Å². The van der Waals surface area contributed by atoms with E-state index in [1.807, 2.05) is 18.2 Å². The van der Waals surface area contributed by atoms with Gasteiger partial charge < -0.3 is 23.7 Å². The van der Waals surface area contributed by atoms with E-state index in [1.54, 1.807) is 70.4 Å². The summed E-state index contributed by atoms with van der Waals surface area (Å²) in [6, 6.07) is 17.2. The van der Waals surface area contributed by atoms with E-state index in [0.29, 0.717) is 59.2 Å². The lowest BCUT2D eigenvalue weighted by Crippen LogP contribution is -2.40. The van der Waals surface area contributed by atoms with Crippen LogP contribution in [-0.2, 0) is 16.1 Å². The molecule has 4 aromatic rings. The molecule has 5 rings (SSSR count). The van der Waals surface area contributed by atoms with Crippen LogP contribution >= 0.6 is 27.3 Å². The van der Waals surface area contributed by atoms with Gasteiger partial charge in [0.25, 0.3) is 5.56 Å². The van der Waals surface area contributed by atoms with E-state index in [0.717, 1.165) is 5.56 Å². The van der Waals surface area contributed by atoms with Gasteiger partial charge in [-0.2, -0.15) is 5.26 Å². The minimum Gasteiger partial charge on any atom is -0.497 e. The predicted octanol–water partition coefficient (Wildman–Crippen LogP) is 5.43. The SMILES string of the molecule is COc1ccc(OC)c([C@@H]2C(C(=O)OC(C)C)=C(C)N=c3s/c(=C\c4cc(Br)c(OCc5ccc(C#N)cc5)c(OC)c4)c(=O)n32)c1. The number of hydrogen-bond acceptors (Lipinski definition) is 10. The van der Waals surface area contributed by atoms with E-state index < -0.39 is 12.0 Å². The van der Waals surface area contributed by atoms with Crippen LogP contribution in [0.5, 0.6) is 23.0 Å². The molecule has 3 aromatic carbocycles. The quantitative estimate of drug-likeness (QED) is 0.199. The molecule has 1 atom stereocenters. The summed E-state index contributed by atoms with van der Waals surface area (Å²) in [5.74, 6) is 1.38. The van der Waals surface area contributed by atoms with Gasteiger partial charge in [0.15, 0.2) is 16.3 Å². The predicted molar refractivity (Wildman–Crippen MR) is 181 cm³/mol. The highest BCUT2D eigenvalue weighted by Crippen LogP contribution is 2.39. The average Bonchev–Trinajstić information content (AvgIpc) is 3.36. The van der Waals surface area contributed by atoms with Gasteiger partial charge in [-0.25, -0.2) is 9.79 Å². The summed E-state index contributed by atoms with van der Waals surface area (Å²) < 4.78 is 31.0. The molecule has 10 nitrogen and oxygen atoms in total. The number of hydrogen-bond donors (Lipinski definition) is 0. The fourth-order valence-electron chi connectivity index (χ4n) is 5.15. The summed E-state index contributed by atoms with van der Waals surface area (Å²) in [6.07, 6.45) is 1.36. The molecule has 2 heterocycles. The number of fused-ring (bicyclic) bond motifs is 1. The maximum atomic E-state index is 14.2. The summed E-state index contributed by atoms with van der Waals surface area (Å²) in [6.45, 7) is 5.51. The first-order valence-corrected chi connectivity index (χ1v) is 16.1. The number of carbonyl (C=O) groups excluding carboxylic acids is 1. The first-order valence-electron chi connectivity index (χ1n) is 14.5. The largest absolute Gasteiger partial charge is 0.497 e. The molecule has 0 N–H and O–H groups in total. The smallest absolute Gasteiger partial charge is 0.338 e. The van der Waals surface area contributed by atoms with Crippen molar-refractivity contribution >= 4 is 39.3 Å². The number of halogens is 1.